The molecule has 0 unspecified atom stereocenters. The van der Waals surface area contributed by atoms with Crippen molar-refractivity contribution in [3.8, 4) is 0 Å². The summed E-state index contributed by atoms with van der Waals surface area (Å²) in [6, 6.07) is 13.9. The Morgan fingerprint density at radius 3 is 2.64 bits per heavy atom. The second-order valence-electron chi connectivity index (χ2n) is 5.20. The molecular weight excluding hydrogens is 359 g/mol. The molecule has 2 aromatic heterocycles. The average Bonchev–Trinajstić information content (AvgIpc) is 2.61. The minimum absolute atomic E-state index is 0. The number of rotatable bonds is 5. The maximum absolute atomic E-state index is 12.6. The van der Waals surface area contributed by atoms with Crippen molar-refractivity contribution in [2.24, 2.45) is 0 Å². The Balaban J connectivity index is 0.00000243. The summed E-state index contributed by atoms with van der Waals surface area (Å²) in [6.07, 6.45) is 3.41. The molecule has 3 aromatic rings. The van der Waals surface area contributed by atoms with Crippen LogP contribution in [0.4, 0.5) is 11.5 Å². The number of hydrogen-bond acceptors (Lipinski definition) is 4. The van der Waals surface area contributed by atoms with Crippen molar-refractivity contribution in [2.75, 3.05) is 10.6 Å². The maximum Gasteiger partial charge on any atom is 0.259 e. The van der Waals surface area contributed by atoms with Crippen LogP contribution in [-0.2, 0) is 6.54 Å². The zero-order chi connectivity index (χ0) is 17.6. The van der Waals surface area contributed by atoms with Gasteiger partial charge in [0.05, 0.1) is 5.56 Å². The Hall–Kier alpha value is -2.63. The lowest BCUT2D eigenvalue weighted by molar-refractivity contribution is 0.102. The molecule has 2 heterocycles. The van der Waals surface area contributed by atoms with Crippen molar-refractivity contribution in [1.29, 1.82) is 0 Å². The molecule has 128 valence electrons. The number of halogens is 2. The first kappa shape index (κ1) is 17.2. The number of amides is 1. The molecular formula is C18H16Cl2N4O. The standard InChI is InChI=1S/C18H14Cl2N4O.H2/c19-13-2-1-3-14(10-13)23-18(25)15-4-5-16(20)24-17(15)22-11-12-6-8-21-9-7-12;/h1-10H,11H2,(H,22,24)(H,23,25);1H. The molecule has 5 nitrogen and oxygen atoms in total. The van der Waals surface area contributed by atoms with Crippen LogP contribution in [0.3, 0.4) is 0 Å². The van der Waals surface area contributed by atoms with Crippen LogP contribution in [0, 0.1) is 0 Å². The molecule has 0 aliphatic rings. The maximum atomic E-state index is 12.6. The quantitative estimate of drug-likeness (QED) is 0.623. The average molecular weight is 375 g/mol. The Morgan fingerprint density at radius 1 is 1.08 bits per heavy atom. The van der Waals surface area contributed by atoms with E-state index < -0.39 is 0 Å². The van der Waals surface area contributed by atoms with Crippen LogP contribution in [0.2, 0.25) is 10.2 Å². The van der Waals surface area contributed by atoms with E-state index in [1.807, 2.05) is 12.1 Å². The van der Waals surface area contributed by atoms with Crippen LogP contribution < -0.4 is 10.6 Å². The lowest BCUT2D eigenvalue weighted by Gasteiger charge is -2.12. The minimum Gasteiger partial charge on any atom is -0.365 e. The number of anilines is 2. The lowest BCUT2D eigenvalue weighted by Crippen LogP contribution is -2.16. The second kappa shape index (κ2) is 7.96. The molecule has 0 aliphatic heterocycles. The summed E-state index contributed by atoms with van der Waals surface area (Å²) in [7, 11) is 0. The number of nitrogens with one attached hydrogen (secondary N) is 2. The van der Waals surface area contributed by atoms with Crippen LogP contribution in [0.5, 0.6) is 0 Å². The van der Waals surface area contributed by atoms with Crippen LogP contribution in [0.1, 0.15) is 17.3 Å². The number of hydrogen-bond donors (Lipinski definition) is 2. The fraction of sp³-hybridized carbons (Fsp3) is 0.0556. The highest BCUT2D eigenvalue weighted by Gasteiger charge is 2.14. The summed E-state index contributed by atoms with van der Waals surface area (Å²) in [5.41, 5.74) is 2.00. The van der Waals surface area contributed by atoms with E-state index in [0.29, 0.717) is 33.8 Å². The SMILES string of the molecule is O=C(Nc1cccc(Cl)c1)c1ccc(Cl)nc1NCc1ccncc1.[HH]. The van der Waals surface area contributed by atoms with Gasteiger partial charge in [-0.3, -0.25) is 9.78 Å². The summed E-state index contributed by atoms with van der Waals surface area (Å²) >= 11 is 11.9. The van der Waals surface area contributed by atoms with Crippen molar-refractivity contribution in [3.05, 3.63) is 82.2 Å². The van der Waals surface area contributed by atoms with E-state index in [9.17, 15) is 4.79 Å². The molecule has 0 saturated heterocycles. The molecule has 1 aromatic carbocycles. The molecule has 0 bridgehead atoms. The largest absolute Gasteiger partial charge is 0.365 e. The van der Waals surface area contributed by atoms with Gasteiger partial charge in [0.2, 0.25) is 0 Å². The first-order valence-corrected chi connectivity index (χ1v) is 8.23. The van der Waals surface area contributed by atoms with Crippen molar-refractivity contribution in [1.82, 2.24) is 9.97 Å². The van der Waals surface area contributed by atoms with Crippen molar-refractivity contribution >= 4 is 40.6 Å². The molecule has 0 fully saturated rings. The third kappa shape index (κ3) is 4.68. The van der Waals surface area contributed by atoms with E-state index in [0.717, 1.165) is 5.56 Å². The predicted molar refractivity (Wildman–Crippen MR) is 102 cm³/mol. The summed E-state index contributed by atoms with van der Waals surface area (Å²) < 4.78 is 0. The van der Waals surface area contributed by atoms with Crippen molar-refractivity contribution in [3.63, 3.8) is 0 Å². The van der Waals surface area contributed by atoms with Crippen LogP contribution in [0.15, 0.2) is 60.9 Å². The monoisotopic (exact) mass is 374 g/mol. The fourth-order valence-electron chi connectivity index (χ4n) is 2.20. The second-order valence-corrected chi connectivity index (χ2v) is 6.03. The number of aromatic nitrogens is 2. The van der Waals surface area contributed by atoms with E-state index in [4.69, 9.17) is 23.2 Å². The highest BCUT2D eigenvalue weighted by molar-refractivity contribution is 6.31. The van der Waals surface area contributed by atoms with Gasteiger partial charge in [0.1, 0.15) is 11.0 Å². The van der Waals surface area contributed by atoms with Gasteiger partial charge in [-0.25, -0.2) is 4.98 Å². The van der Waals surface area contributed by atoms with Crippen molar-refractivity contribution in [2.45, 2.75) is 6.54 Å². The van der Waals surface area contributed by atoms with Gasteiger partial charge < -0.3 is 10.6 Å². The lowest BCUT2D eigenvalue weighted by atomic mass is 10.2. The molecule has 3 rings (SSSR count). The number of pyridine rings is 2. The fourth-order valence-corrected chi connectivity index (χ4v) is 2.54. The Morgan fingerprint density at radius 2 is 1.88 bits per heavy atom. The highest BCUT2D eigenvalue weighted by atomic mass is 35.5. The molecule has 2 N–H and O–H groups in total. The van der Waals surface area contributed by atoms with E-state index in [1.165, 1.54) is 0 Å². The molecule has 0 saturated carbocycles. The van der Waals surface area contributed by atoms with Gasteiger partial charge in [-0.2, -0.15) is 0 Å². The highest BCUT2D eigenvalue weighted by Crippen LogP contribution is 2.20. The number of carbonyl (C=O) groups excluding carboxylic acids is 1. The Kier molecular flexibility index (Phi) is 5.48. The zero-order valence-corrected chi connectivity index (χ0v) is 14.6. The van der Waals surface area contributed by atoms with Crippen LogP contribution >= 0.6 is 23.2 Å². The molecule has 0 radical (unpaired) electrons. The van der Waals surface area contributed by atoms with E-state index in [1.54, 1.807) is 48.8 Å². The molecule has 0 atom stereocenters. The molecule has 0 spiro atoms. The zero-order valence-electron chi connectivity index (χ0n) is 13.0. The Labute approximate surface area is 156 Å². The molecule has 7 heteroatoms. The third-order valence-corrected chi connectivity index (χ3v) is 3.84. The van der Waals surface area contributed by atoms with Crippen molar-refractivity contribution < 1.29 is 6.22 Å². The minimum atomic E-state index is -0.302. The van der Waals surface area contributed by atoms with Crippen LogP contribution in [-0.4, -0.2) is 15.9 Å². The first-order valence-electron chi connectivity index (χ1n) is 7.48. The number of carbonyl (C=O) groups is 1. The van der Waals surface area contributed by atoms with E-state index in [-0.39, 0.29) is 7.33 Å². The van der Waals surface area contributed by atoms with E-state index >= 15 is 0 Å². The van der Waals surface area contributed by atoms with Gasteiger partial charge in [0.25, 0.3) is 5.91 Å². The van der Waals surface area contributed by atoms with Crippen LogP contribution in [0.25, 0.3) is 0 Å². The van der Waals surface area contributed by atoms with Gasteiger partial charge in [-0.15, -0.1) is 0 Å². The van der Waals surface area contributed by atoms with Gasteiger partial charge in [0.15, 0.2) is 0 Å². The summed E-state index contributed by atoms with van der Waals surface area (Å²) in [6.45, 7) is 0.493. The predicted octanol–water partition coefficient (Wildman–Crippen LogP) is 4.89. The van der Waals surface area contributed by atoms with Gasteiger partial charge in [-0.1, -0.05) is 29.3 Å². The Bertz CT molecular complexity index is 893. The molecule has 0 aliphatic carbocycles. The normalized spacial score (nSPS) is 10.3. The first-order chi connectivity index (χ1) is 12.1. The summed E-state index contributed by atoms with van der Waals surface area (Å²) in [4.78, 5) is 20.8. The van der Waals surface area contributed by atoms with E-state index in [2.05, 4.69) is 20.6 Å². The third-order valence-electron chi connectivity index (χ3n) is 3.40. The number of nitrogens with zero attached hydrogens (tertiary/aromatic N) is 2. The van der Waals surface area contributed by atoms with Gasteiger partial charge >= 0.3 is 0 Å². The number of benzene rings is 1. The molecule has 25 heavy (non-hydrogen) atoms. The summed E-state index contributed by atoms with van der Waals surface area (Å²) in [5, 5.41) is 6.79. The summed E-state index contributed by atoms with van der Waals surface area (Å²) in [5.74, 6) is 0.104. The topological polar surface area (TPSA) is 66.9 Å². The smallest absolute Gasteiger partial charge is 0.259 e. The van der Waals surface area contributed by atoms with Gasteiger partial charge in [0, 0.05) is 31.1 Å². The van der Waals surface area contributed by atoms with Gasteiger partial charge in [-0.05, 0) is 48.0 Å². The molecule has 1 amide bonds.